The first-order valence-corrected chi connectivity index (χ1v) is 6.76. The van der Waals surface area contributed by atoms with E-state index in [1.807, 2.05) is 13.8 Å². The Morgan fingerprint density at radius 2 is 2.00 bits per heavy atom. The van der Waals surface area contributed by atoms with Gasteiger partial charge in [0, 0.05) is 5.92 Å². The third kappa shape index (κ3) is 3.25. The minimum atomic E-state index is -1.01. The zero-order chi connectivity index (χ0) is 14.8. The summed E-state index contributed by atoms with van der Waals surface area (Å²) in [6.07, 6.45) is 0. The summed E-state index contributed by atoms with van der Waals surface area (Å²) in [5, 5.41) is 17.1. The van der Waals surface area contributed by atoms with Gasteiger partial charge in [-0.2, -0.15) is 0 Å². The molecule has 1 amide bonds. The van der Waals surface area contributed by atoms with Gasteiger partial charge in [-0.25, -0.2) is 0 Å². The van der Waals surface area contributed by atoms with Crippen LogP contribution in [-0.2, 0) is 15.1 Å². The third-order valence-corrected chi connectivity index (χ3v) is 3.58. The quantitative estimate of drug-likeness (QED) is 0.748. The largest absolute Gasteiger partial charge is 0.481 e. The van der Waals surface area contributed by atoms with Gasteiger partial charge in [-0.15, -0.1) is 10.2 Å². The van der Waals surface area contributed by atoms with Crippen LogP contribution in [0, 0.1) is 0 Å². The Bertz CT molecular complexity index is 496. The van der Waals surface area contributed by atoms with E-state index in [1.165, 1.54) is 0 Å². The van der Waals surface area contributed by atoms with E-state index >= 15 is 0 Å². The number of carboxylic acids is 1. The van der Waals surface area contributed by atoms with Gasteiger partial charge in [0.2, 0.25) is 5.91 Å². The van der Waals surface area contributed by atoms with Gasteiger partial charge < -0.3 is 10.8 Å². The van der Waals surface area contributed by atoms with Gasteiger partial charge in [-0.05, 0) is 13.8 Å². The Labute approximate surface area is 115 Å². The Balaban J connectivity index is 3.27. The Hall–Kier alpha value is -1.57. The second-order valence-electron chi connectivity index (χ2n) is 4.94. The highest BCUT2D eigenvalue weighted by Gasteiger charge is 2.33. The molecule has 1 aromatic rings. The number of nitrogens with zero attached hydrogens (tertiary/aromatic N) is 3. The number of hydrogen-bond acceptors (Lipinski definition) is 5. The van der Waals surface area contributed by atoms with Gasteiger partial charge in [-0.3, -0.25) is 14.2 Å². The molecule has 19 heavy (non-hydrogen) atoms. The van der Waals surface area contributed by atoms with Gasteiger partial charge in [0.25, 0.3) is 0 Å². The number of carboxylic acid groups (broad SMARTS) is 1. The molecule has 0 atom stereocenters. The van der Waals surface area contributed by atoms with Crippen molar-refractivity contribution in [2.75, 3.05) is 5.75 Å². The first-order chi connectivity index (χ1) is 8.67. The lowest BCUT2D eigenvalue weighted by molar-refractivity contribution is -0.133. The highest BCUT2D eigenvalue weighted by molar-refractivity contribution is 7.99. The van der Waals surface area contributed by atoms with Crippen LogP contribution in [0.3, 0.4) is 0 Å². The number of primary amides is 1. The molecule has 1 rings (SSSR count). The fourth-order valence-corrected chi connectivity index (χ4v) is 2.31. The first-order valence-electron chi connectivity index (χ1n) is 5.78. The summed E-state index contributed by atoms with van der Waals surface area (Å²) in [5.41, 5.74) is 4.40. The number of rotatable bonds is 6. The molecule has 0 bridgehead atoms. The number of carbonyl (C=O) groups excluding carboxylic acids is 1. The first kappa shape index (κ1) is 15.5. The van der Waals surface area contributed by atoms with E-state index < -0.39 is 17.4 Å². The van der Waals surface area contributed by atoms with Crippen LogP contribution in [0.5, 0.6) is 0 Å². The van der Waals surface area contributed by atoms with Crippen LogP contribution in [0.25, 0.3) is 0 Å². The van der Waals surface area contributed by atoms with Crippen LogP contribution in [0.15, 0.2) is 5.16 Å². The van der Waals surface area contributed by atoms with E-state index in [-0.39, 0.29) is 11.7 Å². The summed E-state index contributed by atoms with van der Waals surface area (Å²) in [6, 6.07) is 0. The van der Waals surface area contributed by atoms with Crippen LogP contribution in [0.2, 0.25) is 0 Å². The van der Waals surface area contributed by atoms with Gasteiger partial charge in [0.15, 0.2) is 5.16 Å². The lowest BCUT2D eigenvalue weighted by atomic mass is 10.0. The molecule has 8 heteroatoms. The minimum absolute atomic E-state index is 0.0466. The lowest BCUT2D eigenvalue weighted by Crippen LogP contribution is -2.42. The van der Waals surface area contributed by atoms with E-state index in [1.54, 1.807) is 18.4 Å². The summed E-state index contributed by atoms with van der Waals surface area (Å²) in [6.45, 7) is 7.16. The van der Waals surface area contributed by atoms with Crippen molar-refractivity contribution in [3.05, 3.63) is 5.82 Å². The molecule has 0 saturated carbocycles. The van der Waals surface area contributed by atoms with E-state index in [0.717, 1.165) is 11.8 Å². The second-order valence-corrected chi connectivity index (χ2v) is 5.88. The number of aliphatic carboxylic acids is 1. The fourth-order valence-electron chi connectivity index (χ4n) is 1.51. The monoisotopic (exact) mass is 286 g/mol. The van der Waals surface area contributed by atoms with Crippen molar-refractivity contribution in [1.29, 1.82) is 0 Å². The summed E-state index contributed by atoms with van der Waals surface area (Å²) >= 11 is 1.02. The fraction of sp³-hybridized carbons (Fsp3) is 0.636. The molecule has 3 N–H and O–H groups in total. The highest BCUT2D eigenvalue weighted by Crippen LogP contribution is 2.28. The van der Waals surface area contributed by atoms with Crippen molar-refractivity contribution in [1.82, 2.24) is 14.8 Å². The lowest BCUT2D eigenvalue weighted by Gasteiger charge is -2.26. The van der Waals surface area contributed by atoms with E-state index in [4.69, 9.17) is 10.8 Å². The van der Waals surface area contributed by atoms with Crippen LogP contribution in [-0.4, -0.2) is 37.5 Å². The van der Waals surface area contributed by atoms with Crippen molar-refractivity contribution >= 4 is 23.6 Å². The molecule has 0 radical (unpaired) electrons. The highest BCUT2D eigenvalue weighted by atomic mass is 32.2. The number of aromatic nitrogens is 3. The Kier molecular flexibility index (Phi) is 4.56. The minimum Gasteiger partial charge on any atom is -0.481 e. The molecule has 0 unspecified atom stereocenters. The average Bonchev–Trinajstić information content (AvgIpc) is 2.70. The molecule has 0 fully saturated rings. The molecule has 0 aliphatic heterocycles. The molecule has 0 saturated heterocycles. The molecule has 0 aliphatic rings. The van der Waals surface area contributed by atoms with Crippen LogP contribution in [0.4, 0.5) is 0 Å². The van der Waals surface area contributed by atoms with Crippen molar-refractivity contribution < 1.29 is 14.7 Å². The molecular weight excluding hydrogens is 268 g/mol. The zero-order valence-corrected chi connectivity index (χ0v) is 12.2. The molecule has 0 aromatic carbocycles. The van der Waals surface area contributed by atoms with Gasteiger partial charge in [0.05, 0.1) is 5.75 Å². The second kappa shape index (κ2) is 5.60. The number of amides is 1. The number of hydrogen-bond donors (Lipinski definition) is 2. The summed E-state index contributed by atoms with van der Waals surface area (Å²) < 4.78 is 1.62. The Morgan fingerprint density at radius 1 is 1.42 bits per heavy atom. The van der Waals surface area contributed by atoms with Crippen molar-refractivity contribution in [2.24, 2.45) is 5.73 Å². The predicted molar refractivity (Wildman–Crippen MR) is 71.0 cm³/mol. The van der Waals surface area contributed by atoms with E-state index in [0.29, 0.717) is 11.0 Å². The Morgan fingerprint density at radius 3 is 2.42 bits per heavy atom. The number of nitrogens with two attached hydrogens (primary N) is 1. The molecule has 1 heterocycles. The predicted octanol–water partition coefficient (Wildman–Crippen LogP) is 0.799. The maximum atomic E-state index is 11.6. The van der Waals surface area contributed by atoms with Crippen molar-refractivity contribution in [3.63, 3.8) is 0 Å². The molecule has 1 aromatic heterocycles. The van der Waals surface area contributed by atoms with E-state index in [9.17, 15) is 9.59 Å². The smallest absolute Gasteiger partial charge is 0.313 e. The molecule has 7 nitrogen and oxygen atoms in total. The maximum absolute atomic E-state index is 11.6. The van der Waals surface area contributed by atoms with Crippen molar-refractivity contribution in [3.8, 4) is 0 Å². The standard InChI is InChI=1S/C11H18N4O3S/c1-6(2)8-13-14-10(19-5-7(16)17)15(8)11(3,4)9(12)18/h6H,5H2,1-4H3,(H2,12,18)(H,16,17). The van der Waals surface area contributed by atoms with Gasteiger partial charge >= 0.3 is 5.97 Å². The summed E-state index contributed by atoms with van der Waals surface area (Å²) in [5.74, 6) is -0.971. The SMILES string of the molecule is CC(C)c1nnc(SCC(=O)O)n1C(C)(C)C(N)=O. The third-order valence-electron chi connectivity index (χ3n) is 2.66. The topological polar surface area (TPSA) is 111 Å². The van der Waals surface area contributed by atoms with E-state index in [2.05, 4.69) is 10.2 Å². The molecule has 0 aliphatic carbocycles. The molecule has 106 valence electrons. The van der Waals surface area contributed by atoms with Gasteiger partial charge in [-0.1, -0.05) is 25.6 Å². The summed E-state index contributed by atoms with van der Waals surface area (Å²) in [7, 11) is 0. The normalized spacial score (nSPS) is 11.8. The molecule has 0 spiro atoms. The maximum Gasteiger partial charge on any atom is 0.313 e. The van der Waals surface area contributed by atoms with Crippen LogP contribution in [0.1, 0.15) is 39.4 Å². The summed E-state index contributed by atoms with van der Waals surface area (Å²) in [4.78, 5) is 22.2. The number of carbonyl (C=O) groups is 2. The van der Waals surface area contributed by atoms with Gasteiger partial charge in [0.1, 0.15) is 11.4 Å². The number of thioether (sulfide) groups is 1. The van der Waals surface area contributed by atoms with Crippen LogP contribution >= 0.6 is 11.8 Å². The van der Waals surface area contributed by atoms with Crippen LogP contribution < -0.4 is 5.73 Å². The zero-order valence-electron chi connectivity index (χ0n) is 11.4. The molecular formula is C11H18N4O3S. The van der Waals surface area contributed by atoms with Crippen molar-refractivity contribution in [2.45, 2.75) is 44.3 Å². The average molecular weight is 286 g/mol.